The molecule has 0 spiro atoms. The number of hydrogen-bond donors (Lipinski definition) is 2. The highest BCUT2D eigenvalue weighted by Gasteiger charge is 2.22. The molecule has 7 nitrogen and oxygen atoms in total. The number of aliphatic imine (C=N–C) groups is 1. The number of methoxy groups -OCH3 is 1. The first-order valence-corrected chi connectivity index (χ1v) is 10.9. The predicted molar refractivity (Wildman–Crippen MR) is 135 cm³/mol. The second-order valence-corrected chi connectivity index (χ2v) is 7.11. The molecule has 1 atom stereocenters. The highest BCUT2D eigenvalue weighted by Crippen LogP contribution is 2.24. The molecule has 1 unspecified atom stereocenters. The van der Waals surface area contributed by atoms with Crippen LogP contribution in [0, 0.1) is 0 Å². The minimum atomic E-state index is 0. The third-order valence-corrected chi connectivity index (χ3v) is 5.37. The Morgan fingerprint density at radius 1 is 1.13 bits per heavy atom. The first-order valence-electron chi connectivity index (χ1n) is 10.9. The van der Waals surface area contributed by atoms with E-state index in [1.807, 2.05) is 12.1 Å². The molecule has 1 saturated heterocycles. The SMILES string of the molecule is CCNC(=NCC(c1ccc(OC)cc1)N1CCOCC1)NCCN(CC)CC.I. The minimum Gasteiger partial charge on any atom is -0.497 e. The molecule has 1 aromatic carbocycles. The van der Waals surface area contributed by atoms with Gasteiger partial charge >= 0.3 is 0 Å². The summed E-state index contributed by atoms with van der Waals surface area (Å²) < 4.78 is 10.9. The average Bonchev–Trinajstić information content (AvgIpc) is 2.78. The standard InChI is InChI=1S/C22H39N5O2.HI/c1-5-23-22(24-12-13-26(6-2)7-3)25-18-21(27-14-16-29-17-15-27)19-8-10-20(28-4)11-9-19;/h8-11,21H,5-7,12-18H2,1-4H3,(H2,23,24,25);1H. The summed E-state index contributed by atoms with van der Waals surface area (Å²) in [5, 5.41) is 6.86. The Kier molecular flexibility index (Phi) is 14.1. The lowest BCUT2D eigenvalue weighted by atomic mass is 10.0. The number of nitrogens with one attached hydrogen (secondary N) is 2. The summed E-state index contributed by atoms with van der Waals surface area (Å²) in [7, 11) is 1.70. The number of halogens is 1. The molecule has 0 saturated carbocycles. The number of nitrogens with zero attached hydrogens (tertiary/aromatic N) is 3. The van der Waals surface area contributed by atoms with Crippen molar-refractivity contribution >= 4 is 29.9 Å². The van der Waals surface area contributed by atoms with Crippen LogP contribution in [0.1, 0.15) is 32.4 Å². The number of guanidine groups is 1. The minimum absolute atomic E-state index is 0. The van der Waals surface area contributed by atoms with Crippen molar-refractivity contribution < 1.29 is 9.47 Å². The molecular weight excluding hydrogens is 493 g/mol. The Hall–Kier alpha value is -1.10. The van der Waals surface area contributed by atoms with Crippen molar-refractivity contribution in [1.29, 1.82) is 0 Å². The number of benzene rings is 1. The molecule has 1 fully saturated rings. The monoisotopic (exact) mass is 533 g/mol. The van der Waals surface area contributed by atoms with Crippen LogP contribution in [-0.2, 0) is 4.74 Å². The Morgan fingerprint density at radius 2 is 1.80 bits per heavy atom. The first-order chi connectivity index (χ1) is 14.2. The zero-order valence-corrected chi connectivity index (χ0v) is 21.4. The van der Waals surface area contributed by atoms with Gasteiger partial charge in [-0.2, -0.15) is 0 Å². The summed E-state index contributed by atoms with van der Waals surface area (Å²) in [6.45, 7) is 15.5. The molecule has 30 heavy (non-hydrogen) atoms. The number of morpholine rings is 1. The predicted octanol–water partition coefficient (Wildman–Crippen LogP) is 2.58. The van der Waals surface area contributed by atoms with Crippen molar-refractivity contribution in [3.05, 3.63) is 29.8 Å². The zero-order chi connectivity index (χ0) is 20.9. The highest BCUT2D eigenvalue weighted by molar-refractivity contribution is 14.0. The molecule has 0 radical (unpaired) electrons. The topological polar surface area (TPSA) is 61.4 Å². The van der Waals surface area contributed by atoms with Gasteiger partial charge in [0.05, 0.1) is 32.9 Å². The number of likely N-dealkylation sites (N-methyl/N-ethyl adjacent to an activating group) is 1. The first kappa shape index (κ1) is 26.9. The van der Waals surface area contributed by atoms with Crippen molar-refractivity contribution in [3.8, 4) is 5.75 Å². The van der Waals surface area contributed by atoms with Gasteiger partial charge in [0.15, 0.2) is 5.96 Å². The molecule has 0 amide bonds. The zero-order valence-electron chi connectivity index (χ0n) is 19.0. The third kappa shape index (κ3) is 8.95. The van der Waals surface area contributed by atoms with E-state index in [4.69, 9.17) is 14.5 Å². The van der Waals surface area contributed by atoms with Gasteiger partial charge < -0.3 is 25.0 Å². The van der Waals surface area contributed by atoms with Gasteiger partial charge in [-0.05, 0) is 37.7 Å². The van der Waals surface area contributed by atoms with E-state index in [0.29, 0.717) is 6.54 Å². The maximum Gasteiger partial charge on any atom is 0.191 e. The van der Waals surface area contributed by atoms with Crippen molar-refractivity contribution in [3.63, 3.8) is 0 Å². The maximum absolute atomic E-state index is 5.56. The molecule has 0 aromatic heterocycles. The van der Waals surface area contributed by atoms with Gasteiger partial charge in [0.2, 0.25) is 0 Å². The van der Waals surface area contributed by atoms with Crippen LogP contribution < -0.4 is 15.4 Å². The molecule has 0 bridgehead atoms. The van der Waals surface area contributed by atoms with Crippen LogP contribution in [0.4, 0.5) is 0 Å². The smallest absolute Gasteiger partial charge is 0.191 e. The Labute approximate surface area is 199 Å². The summed E-state index contributed by atoms with van der Waals surface area (Å²) in [4.78, 5) is 9.79. The maximum atomic E-state index is 5.56. The van der Waals surface area contributed by atoms with Gasteiger partial charge in [-0.15, -0.1) is 24.0 Å². The molecule has 1 heterocycles. The Bertz CT molecular complexity index is 590. The van der Waals surface area contributed by atoms with Crippen LogP contribution in [0.15, 0.2) is 29.3 Å². The van der Waals surface area contributed by atoms with E-state index in [0.717, 1.165) is 70.7 Å². The largest absolute Gasteiger partial charge is 0.497 e. The van der Waals surface area contributed by atoms with Gasteiger partial charge in [-0.3, -0.25) is 9.89 Å². The second kappa shape index (κ2) is 15.7. The van der Waals surface area contributed by atoms with Crippen molar-refractivity contribution in [1.82, 2.24) is 20.4 Å². The Morgan fingerprint density at radius 3 is 2.37 bits per heavy atom. The fourth-order valence-corrected chi connectivity index (χ4v) is 3.54. The molecule has 8 heteroatoms. The van der Waals surface area contributed by atoms with E-state index < -0.39 is 0 Å². The fraction of sp³-hybridized carbons (Fsp3) is 0.682. The van der Waals surface area contributed by atoms with E-state index in [9.17, 15) is 0 Å². The molecule has 0 aliphatic carbocycles. The van der Waals surface area contributed by atoms with E-state index >= 15 is 0 Å². The molecule has 2 N–H and O–H groups in total. The van der Waals surface area contributed by atoms with E-state index in [1.54, 1.807) is 7.11 Å². The van der Waals surface area contributed by atoms with Gasteiger partial charge in [0.25, 0.3) is 0 Å². The second-order valence-electron chi connectivity index (χ2n) is 7.11. The Balaban J connectivity index is 0.00000450. The average molecular weight is 533 g/mol. The molecule has 1 aromatic rings. The summed E-state index contributed by atoms with van der Waals surface area (Å²) >= 11 is 0. The van der Waals surface area contributed by atoms with Crippen molar-refractivity contribution in [2.45, 2.75) is 26.8 Å². The highest BCUT2D eigenvalue weighted by atomic mass is 127. The van der Waals surface area contributed by atoms with E-state index in [-0.39, 0.29) is 30.0 Å². The molecule has 1 aliphatic rings. The van der Waals surface area contributed by atoms with Crippen LogP contribution in [-0.4, -0.2) is 88.4 Å². The number of ether oxygens (including phenoxy) is 2. The van der Waals surface area contributed by atoms with E-state index in [2.05, 4.69) is 53.3 Å². The lowest BCUT2D eigenvalue weighted by Crippen LogP contribution is -2.43. The summed E-state index contributed by atoms with van der Waals surface area (Å²) in [6, 6.07) is 8.58. The van der Waals surface area contributed by atoms with Crippen LogP contribution in [0.2, 0.25) is 0 Å². The van der Waals surface area contributed by atoms with Gasteiger partial charge in [0, 0.05) is 32.7 Å². The van der Waals surface area contributed by atoms with Crippen molar-refractivity contribution in [2.75, 3.05) is 72.7 Å². The van der Waals surface area contributed by atoms with Crippen LogP contribution in [0.25, 0.3) is 0 Å². The molecule has 172 valence electrons. The summed E-state index contributed by atoms with van der Waals surface area (Å²) in [6.07, 6.45) is 0. The van der Waals surface area contributed by atoms with Crippen LogP contribution in [0.5, 0.6) is 5.75 Å². The summed E-state index contributed by atoms with van der Waals surface area (Å²) in [5.41, 5.74) is 1.26. The van der Waals surface area contributed by atoms with Gasteiger partial charge in [-0.25, -0.2) is 0 Å². The normalized spacial score (nSPS) is 16.1. The number of rotatable bonds is 11. The van der Waals surface area contributed by atoms with E-state index in [1.165, 1.54) is 5.56 Å². The lowest BCUT2D eigenvalue weighted by Gasteiger charge is -2.34. The van der Waals surface area contributed by atoms with Gasteiger partial charge in [-0.1, -0.05) is 26.0 Å². The summed E-state index contributed by atoms with van der Waals surface area (Å²) in [5.74, 6) is 1.76. The van der Waals surface area contributed by atoms with Crippen LogP contribution in [0.3, 0.4) is 0 Å². The fourth-order valence-electron chi connectivity index (χ4n) is 3.54. The lowest BCUT2D eigenvalue weighted by molar-refractivity contribution is 0.0179. The molecule has 1 aliphatic heterocycles. The quantitative estimate of drug-likeness (QED) is 0.259. The van der Waals surface area contributed by atoms with Gasteiger partial charge in [0.1, 0.15) is 5.75 Å². The van der Waals surface area contributed by atoms with Crippen LogP contribution >= 0.6 is 24.0 Å². The van der Waals surface area contributed by atoms with Crippen molar-refractivity contribution in [2.24, 2.45) is 4.99 Å². The molecular formula is C22H40IN5O2. The number of hydrogen-bond acceptors (Lipinski definition) is 5. The third-order valence-electron chi connectivity index (χ3n) is 5.37. The molecule has 2 rings (SSSR count).